The highest BCUT2D eigenvalue weighted by molar-refractivity contribution is 6.31. The molecule has 0 aliphatic heterocycles. The van der Waals surface area contributed by atoms with Gasteiger partial charge < -0.3 is 15.5 Å². The second-order valence-electron chi connectivity index (χ2n) is 4.37. The van der Waals surface area contributed by atoms with Gasteiger partial charge in [-0.3, -0.25) is 0 Å². The fourth-order valence-electron chi connectivity index (χ4n) is 1.77. The zero-order chi connectivity index (χ0) is 15.2. The van der Waals surface area contributed by atoms with Crippen LogP contribution in [0.15, 0.2) is 24.3 Å². The summed E-state index contributed by atoms with van der Waals surface area (Å²) in [7, 11) is 0. The lowest BCUT2D eigenvalue weighted by molar-refractivity contribution is 0.128. The van der Waals surface area contributed by atoms with Crippen LogP contribution in [0.25, 0.3) is 0 Å². The van der Waals surface area contributed by atoms with E-state index < -0.39 is 0 Å². The molecule has 0 unspecified atom stereocenters. The van der Waals surface area contributed by atoms with Crippen molar-refractivity contribution in [2.75, 3.05) is 17.3 Å². The fourth-order valence-corrected chi connectivity index (χ4v) is 1.95. The second kappa shape index (κ2) is 7.21. The molecule has 0 fully saturated rings. The Hall–Kier alpha value is -1.89. The Morgan fingerprint density at radius 3 is 2.76 bits per heavy atom. The van der Waals surface area contributed by atoms with E-state index in [1.54, 1.807) is 6.07 Å². The highest BCUT2D eigenvalue weighted by atomic mass is 35.5. The van der Waals surface area contributed by atoms with Gasteiger partial charge in [-0.1, -0.05) is 17.7 Å². The van der Waals surface area contributed by atoms with Crippen LogP contribution in [-0.2, 0) is 11.3 Å². The quantitative estimate of drug-likeness (QED) is 0.562. The maximum atomic E-state index is 6.11. The first kappa shape index (κ1) is 15.5. The molecule has 0 aliphatic rings. The third-order valence-electron chi connectivity index (χ3n) is 2.89. The Bertz CT molecular complexity index is 620. The Labute approximate surface area is 128 Å². The third-order valence-corrected chi connectivity index (χ3v) is 3.30. The van der Waals surface area contributed by atoms with E-state index in [1.807, 2.05) is 32.0 Å². The van der Waals surface area contributed by atoms with Crippen molar-refractivity contribution in [2.24, 2.45) is 5.84 Å². The van der Waals surface area contributed by atoms with Crippen LogP contribution < -0.4 is 16.6 Å². The molecule has 0 aliphatic carbocycles. The summed E-state index contributed by atoms with van der Waals surface area (Å²) in [5.41, 5.74) is 4.35. The molecule has 7 heteroatoms. The van der Waals surface area contributed by atoms with Gasteiger partial charge in [-0.15, -0.1) is 0 Å². The summed E-state index contributed by atoms with van der Waals surface area (Å²) in [5, 5.41) is 3.91. The molecule has 0 atom stereocenters. The first-order chi connectivity index (χ1) is 10.1. The first-order valence-corrected chi connectivity index (χ1v) is 6.96. The van der Waals surface area contributed by atoms with Gasteiger partial charge in [-0.25, -0.2) is 15.8 Å². The first-order valence-electron chi connectivity index (χ1n) is 6.58. The van der Waals surface area contributed by atoms with E-state index in [4.69, 9.17) is 22.2 Å². The Kier molecular flexibility index (Phi) is 5.32. The number of nitrogens with zero attached hydrogens (tertiary/aromatic N) is 2. The largest absolute Gasteiger partial charge is 0.374 e. The molecular formula is C14H18ClN5O. The van der Waals surface area contributed by atoms with Gasteiger partial charge in [0.2, 0.25) is 0 Å². The van der Waals surface area contributed by atoms with Crippen molar-refractivity contribution in [2.45, 2.75) is 20.5 Å². The minimum Gasteiger partial charge on any atom is -0.374 e. The molecule has 112 valence electrons. The average Bonchev–Trinajstić information content (AvgIpc) is 2.49. The topological polar surface area (TPSA) is 85.1 Å². The van der Waals surface area contributed by atoms with Gasteiger partial charge in [-0.2, -0.15) is 0 Å². The van der Waals surface area contributed by atoms with Gasteiger partial charge >= 0.3 is 0 Å². The predicted octanol–water partition coefficient (Wildman–Crippen LogP) is 3.00. The van der Waals surface area contributed by atoms with E-state index in [1.165, 1.54) is 0 Å². The van der Waals surface area contributed by atoms with Crippen LogP contribution in [0.5, 0.6) is 0 Å². The van der Waals surface area contributed by atoms with E-state index in [0.717, 1.165) is 11.3 Å². The lowest BCUT2D eigenvalue weighted by atomic mass is 10.2. The van der Waals surface area contributed by atoms with Crippen molar-refractivity contribution < 1.29 is 4.74 Å². The summed E-state index contributed by atoms with van der Waals surface area (Å²) >= 11 is 6.11. The van der Waals surface area contributed by atoms with Gasteiger partial charge in [0.05, 0.1) is 0 Å². The van der Waals surface area contributed by atoms with Crippen molar-refractivity contribution in [1.82, 2.24) is 9.97 Å². The number of benzene rings is 1. The fraction of sp³-hybridized carbons (Fsp3) is 0.286. The number of nitrogen functional groups attached to an aromatic ring is 1. The van der Waals surface area contributed by atoms with Gasteiger partial charge in [0.15, 0.2) is 5.82 Å². The SMILES string of the molecule is CCOCc1nc(NN)cc(Nc2cccc(Cl)c2C)n1. The van der Waals surface area contributed by atoms with Crippen LogP contribution in [0, 0.1) is 6.92 Å². The number of hydrogen-bond acceptors (Lipinski definition) is 6. The number of nitrogens with one attached hydrogen (secondary N) is 2. The maximum Gasteiger partial charge on any atom is 0.158 e. The highest BCUT2D eigenvalue weighted by Crippen LogP contribution is 2.26. The number of anilines is 3. The summed E-state index contributed by atoms with van der Waals surface area (Å²) in [6.07, 6.45) is 0. The predicted molar refractivity (Wildman–Crippen MR) is 84.6 cm³/mol. The van der Waals surface area contributed by atoms with Crippen LogP contribution >= 0.6 is 11.6 Å². The molecule has 2 aromatic rings. The zero-order valence-corrected chi connectivity index (χ0v) is 12.7. The summed E-state index contributed by atoms with van der Waals surface area (Å²) in [4.78, 5) is 8.63. The molecule has 6 nitrogen and oxygen atoms in total. The lowest BCUT2D eigenvalue weighted by Crippen LogP contribution is -2.12. The Morgan fingerprint density at radius 2 is 2.05 bits per heavy atom. The molecule has 21 heavy (non-hydrogen) atoms. The Balaban J connectivity index is 2.28. The van der Waals surface area contributed by atoms with E-state index in [2.05, 4.69) is 20.7 Å². The van der Waals surface area contributed by atoms with Crippen molar-refractivity contribution in [1.29, 1.82) is 0 Å². The highest BCUT2D eigenvalue weighted by Gasteiger charge is 2.07. The summed E-state index contributed by atoms with van der Waals surface area (Å²) in [5.74, 6) is 7.12. The molecule has 0 saturated carbocycles. The number of hydrogen-bond donors (Lipinski definition) is 3. The molecule has 0 spiro atoms. The number of nitrogens with two attached hydrogens (primary N) is 1. The molecule has 2 rings (SSSR count). The van der Waals surface area contributed by atoms with Crippen LogP contribution in [0.2, 0.25) is 5.02 Å². The van der Waals surface area contributed by atoms with Gasteiger partial charge in [0, 0.05) is 23.4 Å². The smallest absolute Gasteiger partial charge is 0.158 e. The van der Waals surface area contributed by atoms with Crippen LogP contribution in [0.3, 0.4) is 0 Å². The summed E-state index contributed by atoms with van der Waals surface area (Å²) < 4.78 is 5.32. The molecule has 1 heterocycles. The zero-order valence-electron chi connectivity index (χ0n) is 12.0. The van der Waals surface area contributed by atoms with Crippen LogP contribution in [0.4, 0.5) is 17.3 Å². The lowest BCUT2D eigenvalue weighted by Gasteiger charge is -2.12. The van der Waals surface area contributed by atoms with Crippen molar-refractivity contribution in [3.63, 3.8) is 0 Å². The van der Waals surface area contributed by atoms with Crippen molar-refractivity contribution in [3.8, 4) is 0 Å². The maximum absolute atomic E-state index is 6.11. The van der Waals surface area contributed by atoms with Gasteiger partial charge in [0.1, 0.15) is 18.2 Å². The molecule has 1 aromatic carbocycles. The molecular weight excluding hydrogens is 290 g/mol. The Morgan fingerprint density at radius 1 is 1.29 bits per heavy atom. The average molecular weight is 308 g/mol. The number of rotatable bonds is 6. The number of halogens is 1. The van der Waals surface area contributed by atoms with Gasteiger partial charge in [-0.05, 0) is 31.5 Å². The number of aromatic nitrogens is 2. The van der Waals surface area contributed by atoms with Crippen molar-refractivity contribution in [3.05, 3.63) is 40.7 Å². The van der Waals surface area contributed by atoms with Gasteiger partial charge in [0.25, 0.3) is 0 Å². The van der Waals surface area contributed by atoms with Crippen LogP contribution in [0.1, 0.15) is 18.3 Å². The standard InChI is InChI=1S/C14H18ClN5O/c1-3-21-8-14-18-12(7-13(19-14)20-16)17-11-6-4-5-10(15)9(11)2/h4-7H,3,8,16H2,1-2H3,(H2,17,18,19,20). The van der Waals surface area contributed by atoms with E-state index in [9.17, 15) is 0 Å². The molecule has 0 saturated heterocycles. The summed E-state index contributed by atoms with van der Waals surface area (Å²) in [6, 6.07) is 7.37. The molecule has 1 aromatic heterocycles. The number of ether oxygens (including phenoxy) is 1. The minimum absolute atomic E-state index is 0.329. The molecule has 0 radical (unpaired) electrons. The monoisotopic (exact) mass is 307 g/mol. The molecule has 0 amide bonds. The second-order valence-corrected chi connectivity index (χ2v) is 4.78. The normalized spacial score (nSPS) is 10.5. The van der Waals surface area contributed by atoms with Crippen LogP contribution in [-0.4, -0.2) is 16.6 Å². The number of hydrazine groups is 1. The minimum atomic E-state index is 0.329. The van der Waals surface area contributed by atoms with E-state index >= 15 is 0 Å². The van der Waals surface area contributed by atoms with E-state index in [-0.39, 0.29) is 0 Å². The summed E-state index contributed by atoms with van der Waals surface area (Å²) in [6.45, 7) is 4.78. The molecule has 4 N–H and O–H groups in total. The molecule has 0 bridgehead atoms. The van der Waals surface area contributed by atoms with E-state index in [0.29, 0.717) is 35.7 Å². The van der Waals surface area contributed by atoms with Crippen molar-refractivity contribution >= 4 is 28.9 Å². The third kappa shape index (κ3) is 4.04.